The number of hydrogen-bond acceptors (Lipinski definition) is 3. The van der Waals surface area contributed by atoms with Crippen LogP contribution in [0.4, 0.5) is 16.3 Å². The van der Waals surface area contributed by atoms with Gasteiger partial charge in [-0.2, -0.15) is 5.10 Å². The molecule has 2 heterocycles. The largest absolute Gasteiger partial charge is 0.336 e. The van der Waals surface area contributed by atoms with Crippen molar-refractivity contribution in [2.24, 2.45) is 0 Å². The third kappa shape index (κ3) is 2.82. The van der Waals surface area contributed by atoms with E-state index in [1.54, 1.807) is 23.1 Å². The molecule has 0 bridgehead atoms. The number of halogens is 1. The fraction of sp³-hybridized carbons (Fsp3) is 0.312. The second-order valence-electron chi connectivity index (χ2n) is 5.98. The second kappa shape index (κ2) is 5.83. The number of amides is 3. The zero-order valence-electron chi connectivity index (χ0n) is 12.8. The molecule has 0 spiro atoms. The third-order valence-electron chi connectivity index (χ3n) is 4.22. The van der Waals surface area contributed by atoms with Gasteiger partial charge in [0.15, 0.2) is 5.82 Å². The van der Waals surface area contributed by atoms with Crippen molar-refractivity contribution in [3.05, 3.63) is 40.5 Å². The number of nitrogens with zero attached hydrogens (tertiary/aromatic N) is 2. The Balaban J connectivity index is 1.55. The topological polar surface area (TPSA) is 90.1 Å². The molecule has 4 rings (SSSR count). The fourth-order valence-electron chi connectivity index (χ4n) is 2.76. The Morgan fingerprint density at radius 1 is 1.33 bits per heavy atom. The highest BCUT2D eigenvalue weighted by atomic mass is 35.5. The van der Waals surface area contributed by atoms with Gasteiger partial charge in [0, 0.05) is 36.5 Å². The highest BCUT2D eigenvalue weighted by molar-refractivity contribution is 6.34. The van der Waals surface area contributed by atoms with Crippen LogP contribution in [-0.4, -0.2) is 35.2 Å². The van der Waals surface area contributed by atoms with Gasteiger partial charge < -0.3 is 10.6 Å². The molecule has 1 aliphatic heterocycles. The number of carbonyl (C=O) groups excluding carboxylic acids is 2. The van der Waals surface area contributed by atoms with Crippen molar-refractivity contribution in [2.75, 3.05) is 23.3 Å². The molecule has 7 nitrogen and oxygen atoms in total. The lowest BCUT2D eigenvalue weighted by atomic mass is 10.1. The summed E-state index contributed by atoms with van der Waals surface area (Å²) in [4.78, 5) is 25.9. The van der Waals surface area contributed by atoms with Crippen molar-refractivity contribution >= 4 is 35.0 Å². The first-order valence-electron chi connectivity index (χ1n) is 7.83. The molecule has 0 atom stereocenters. The summed E-state index contributed by atoms with van der Waals surface area (Å²) in [5.41, 5.74) is 1.99. The first kappa shape index (κ1) is 15.0. The minimum atomic E-state index is -0.352. The predicted molar refractivity (Wildman–Crippen MR) is 90.7 cm³/mol. The summed E-state index contributed by atoms with van der Waals surface area (Å²) in [6.45, 7) is 1.14. The first-order chi connectivity index (χ1) is 11.6. The van der Waals surface area contributed by atoms with Gasteiger partial charge in [0.1, 0.15) is 0 Å². The third-order valence-corrected chi connectivity index (χ3v) is 4.55. The number of hydrogen-bond donors (Lipinski definition) is 3. The molecule has 3 amide bonds. The Labute approximate surface area is 143 Å². The number of aromatic amines is 1. The lowest BCUT2D eigenvalue weighted by Gasteiger charge is -2.15. The molecule has 1 aromatic heterocycles. The van der Waals surface area contributed by atoms with Crippen molar-refractivity contribution in [3.63, 3.8) is 0 Å². The number of H-pyrrole nitrogens is 1. The van der Waals surface area contributed by atoms with Crippen LogP contribution in [0.5, 0.6) is 0 Å². The number of aromatic nitrogens is 2. The molecule has 24 heavy (non-hydrogen) atoms. The lowest BCUT2D eigenvalue weighted by molar-refractivity contribution is 0.102. The summed E-state index contributed by atoms with van der Waals surface area (Å²) in [5, 5.41) is 12.9. The first-order valence-corrected chi connectivity index (χ1v) is 8.21. The van der Waals surface area contributed by atoms with E-state index in [4.69, 9.17) is 11.6 Å². The second-order valence-corrected chi connectivity index (χ2v) is 6.39. The summed E-state index contributed by atoms with van der Waals surface area (Å²) < 4.78 is 0. The Kier molecular flexibility index (Phi) is 3.65. The van der Waals surface area contributed by atoms with Crippen molar-refractivity contribution < 1.29 is 9.59 Å². The fourth-order valence-corrected chi connectivity index (χ4v) is 2.96. The molecule has 1 saturated carbocycles. The van der Waals surface area contributed by atoms with Gasteiger partial charge >= 0.3 is 6.03 Å². The molecule has 124 valence electrons. The zero-order chi connectivity index (χ0) is 16.7. The maximum atomic E-state index is 12.5. The lowest BCUT2D eigenvalue weighted by Crippen LogP contribution is -2.28. The number of urea groups is 1. The number of rotatable bonds is 4. The van der Waals surface area contributed by atoms with Crippen LogP contribution in [0.2, 0.25) is 5.02 Å². The maximum absolute atomic E-state index is 12.5. The van der Waals surface area contributed by atoms with E-state index in [9.17, 15) is 9.59 Å². The highest BCUT2D eigenvalue weighted by Crippen LogP contribution is 2.39. The summed E-state index contributed by atoms with van der Waals surface area (Å²) in [7, 11) is 0. The van der Waals surface area contributed by atoms with Crippen LogP contribution < -0.4 is 15.5 Å². The molecule has 8 heteroatoms. The molecule has 0 radical (unpaired) electrons. The zero-order valence-corrected chi connectivity index (χ0v) is 13.6. The van der Waals surface area contributed by atoms with Crippen molar-refractivity contribution in [1.29, 1.82) is 0 Å². The Morgan fingerprint density at radius 2 is 2.17 bits per heavy atom. The highest BCUT2D eigenvalue weighted by Gasteiger charge is 2.26. The Hall–Kier alpha value is -2.54. The average Bonchev–Trinajstić information content (AvgIpc) is 3.17. The van der Waals surface area contributed by atoms with E-state index in [2.05, 4.69) is 20.8 Å². The monoisotopic (exact) mass is 345 g/mol. The normalized spacial score (nSPS) is 17.0. The van der Waals surface area contributed by atoms with Crippen molar-refractivity contribution in [1.82, 2.24) is 15.5 Å². The van der Waals surface area contributed by atoms with E-state index in [1.165, 1.54) is 0 Å². The van der Waals surface area contributed by atoms with Gasteiger partial charge in [-0.15, -0.1) is 0 Å². The van der Waals surface area contributed by atoms with E-state index in [-0.39, 0.29) is 11.9 Å². The summed E-state index contributed by atoms with van der Waals surface area (Å²) in [5.74, 6) is 0.654. The molecular weight excluding hydrogens is 330 g/mol. The number of nitrogens with one attached hydrogen (secondary N) is 3. The molecule has 2 fully saturated rings. The molecule has 1 saturated heterocycles. The Bertz CT molecular complexity index is 815. The van der Waals surface area contributed by atoms with Gasteiger partial charge in [0.2, 0.25) is 0 Å². The van der Waals surface area contributed by atoms with E-state index in [0.29, 0.717) is 41.1 Å². The molecule has 0 unspecified atom stereocenters. The van der Waals surface area contributed by atoms with Crippen LogP contribution in [0.3, 0.4) is 0 Å². The average molecular weight is 346 g/mol. The molecule has 1 aromatic carbocycles. The molecule has 1 aliphatic carbocycles. The van der Waals surface area contributed by atoms with E-state index < -0.39 is 0 Å². The SMILES string of the molecule is O=C(Nc1cc(C2CC2)[nH]n1)c1cc(N2CCNC2=O)ccc1Cl. The van der Waals surface area contributed by atoms with Gasteiger partial charge in [0.25, 0.3) is 5.91 Å². The molecule has 2 aromatic rings. The predicted octanol–water partition coefficient (Wildman–Crippen LogP) is 2.72. The minimum absolute atomic E-state index is 0.176. The van der Waals surface area contributed by atoms with E-state index in [1.807, 2.05) is 6.07 Å². The molecule has 3 N–H and O–H groups in total. The number of carbonyl (C=O) groups is 2. The van der Waals surface area contributed by atoms with Crippen LogP contribution in [0.1, 0.15) is 34.8 Å². The van der Waals surface area contributed by atoms with Gasteiger partial charge in [-0.3, -0.25) is 14.8 Å². The van der Waals surface area contributed by atoms with Crippen LogP contribution in [-0.2, 0) is 0 Å². The summed E-state index contributed by atoms with van der Waals surface area (Å²) >= 11 is 6.16. The van der Waals surface area contributed by atoms with Crippen molar-refractivity contribution in [3.8, 4) is 0 Å². The van der Waals surface area contributed by atoms with Crippen LogP contribution in [0, 0.1) is 0 Å². The van der Waals surface area contributed by atoms with Crippen LogP contribution in [0.25, 0.3) is 0 Å². The summed E-state index contributed by atoms with van der Waals surface area (Å²) in [6.07, 6.45) is 2.31. The van der Waals surface area contributed by atoms with Crippen molar-refractivity contribution in [2.45, 2.75) is 18.8 Å². The van der Waals surface area contributed by atoms with E-state index in [0.717, 1.165) is 18.5 Å². The summed E-state index contributed by atoms with van der Waals surface area (Å²) in [6, 6.07) is 6.64. The van der Waals surface area contributed by atoms with Gasteiger partial charge in [-0.25, -0.2) is 4.79 Å². The smallest absolute Gasteiger partial charge is 0.321 e. The number of anilines is 2. The Morgan fingerprint density at radius 3 is 2.88 bits per heavy atom. The quantitative estimate of drug-likeness (QED) is 0.795. The van der Waals surface area contributed by atoms with E-state index >= 15 is 0 Å². The maximum Gasteiger partial charge on any atom is 0.321 e. The standard InChI is InChI=1S/C16H16ClN5O2/c17-12-4-3-10(22-6-5-18-16(22)24)7-11(12)15(23)19-14-8-13(20-21-14)9-1-2-9/h3-4,7-9H,1-2,5-6H2,(H,18,24)(H2,19,20,21,23). The van der Waals surface area contributed by atoms with Gasteiger partial charge in [-0.1, -0.05) is 11.6 Å². The van der Waals surface area contributed by atoms with Crippen LogP contribution >= 0.6 is 11.6 Å². The minimum Gasteiger partial charge on any atom is -0.336 e. The molecule has 2 aliphatic rings. The van der Waals surface area contributed by atoms with Gasteiger partial charge in [-0.05, 0) is 31.0 Å². The molecular formula is C16H16ClN5O2. The van der Waals surface area contributed by atoms with Crippen LogP contribution in [0.15, 0.2) is 24.3 Å². The van der Waals surface area contributed by atoms with Gasteiger partial charge in [0.05, 0.1) is 10.6 Å². The number of benzene rings is 1.